The third-order valence-electron chi connectivity index (χ3n) is 3.55. The minimum absolute atomic E-state index is 0.0640. The second-order valence-corrected chi connectivity index (χ2v) is 5.09. The fourth-order valence-corrected chi connectivity index (χ4v) is 2.41. The van der Waals surface area contributed by atoms with E-state index in [9.17, 15) is 9.59 Å². The molecule has 0 saturated carbocycles. The fraction of sp³-hybridized carbons (Fsp3) is 0.467. The number of amides is 1. The molecule has 0 aromatic heterocycles. The summed E-state index contributed by atoms with van der Waals surface area (Å²) in [5, 5.41) is 15.1. The SMILES string of the molecule is O=C(O)c1cccc(CCNC(=O)C2CCCNC2)c1. The predicted octanol–water partition coefficient (Wildman–Crippen LogP) is 1.04. The van der Waals surface area contributed by atoms with Gasteiger partial charge in [-0.3, -0.25) is 4.79 Å². The minimum Gasteiger partial charge on any atom is -0.478 e. The van der Waals surface area contributed by atoms with Crippen molar-refractivity contribution in [2.75, 3.05) is 19.6 Å². The Morgan fingerprint density at radius 3 is 2.95 bits per heavy atom. The second kappa shape index (κ2) is 7.05. The van der Waals surface area contributed by atoms with Crippen molar-refractivity contribution in [3.05, 3.63) is 35.4 Å². The quantitative estimate of drug-likeness (QED) is 0.751. The molecule has 1 unspecified atom stereocenters. The van der Waals surface area contributed by atoms with Crippen molar-refractivity contribution in [2.24, 2.45) is 5.92 Å². The van der Waals surface area contributed by atoms with Crippen LogP contribution in [0.5, 0.6) is 0 Å². The van der Waals surface area contributed by atoms with Gasteiger partial charge in [-0.25, -0.2) is 4.79 Å². The molecule has 0 radical (unpaired) electrons. The van der Waals surface area contributed by atoms with Gasteiger partial charge in [-0.2, -0.15) is 0 Å². The summed E-state index contributed by atoms with van der Waals surface area (Å²) in [6, 6.07) is 6.82. The van der Waals surface area contributed by atoms with E-state index in [0.717, 1.165) is 31.5 Å². The Morgan fingerprint density at radius 1 is 1.40 bits per heavy atom. The van der Waals surface area contributed by atoms with Gasteiger partial charge in [-0.1, -0.05) is 12.1 Å². The van der Waals surface area contributed by atoms with Gasteiger partial charge in [-0.05, 0) is 43.5 Å². The third kappa shape index (κ3) is 4.06. The maximum absolute atomic E-state index is 11.9. The number of nitrogens with one attached hydrogen (secondary N) is 2. The molecule has 1 aliphatic rings. The number of carboxylic acids is 1. The van der Waals surface area contributed by atoms with Gasteiger partial charge in [0.2, 0.25) is 5.91 Å². The highest BCUT2D eigenvalue weighted by atomic mass is 16.4. The summed E-state index contributed by atoms with van der Waals surface area (Å²) < 4.78 is 0. The van der Waals surface area contributed by atoms with E-state index >= 15 is 0 Å². The summed E-state index contributed by atoms with van der Waals surface area (Å²) in [7, 11) is 0. The van der Waals surface area contributed by atoms with E-state index in [-0.39, 0.29) is 17.4 Å². The predicted molar refractivity (Wildman–Crippen MR) is 75.7 cm³/mol. The summed E-state index contributed by atoms with van der Waals surface area (Å²) >= 11 is 0. The van der Waals surface area contributed by atoms with Crippen molar-refractivity contribution in [3.63, 3.8) is 0 Å². The van der Waals surface area contributed by atoms with Crippen molar-refractivity contribution in [1.29, 1.82) is 0 Å². The van der Waals surface area contributed by atoms with Gasteiger partial charge < -0.3 is 15.7 Å². The van der Waals surface area contributed by atoms with Crippen molar-refractivity contribution in [1.82, 2.24) is 10.6 Å². The highest BCUT2D eigenvalue weighted by Gasteiger charge is 2.20. The molecule has 5 heteroatoms. The molecule has 1 heterocycles. The summed E-state index contributed by atoms with van der Waals surface area (Å²) in [4.78, 5) is 22.8. The van der Waals surface area contributed by atoms with E-state index in [1.807, 2.05) is 6.07 Å². The first kappa shape index (κ1) is 14.5. The van der Waals surface area contributed by atoms with Crippen LogP contribution in [0.2, 0.25) is 0 Å². The summed E-state index contributed by atoms with van der Waals surface area (Å²) in [6.45, 7) is 2.28. The number of carbonyl (C=O) groups is 2. The maximum atomic E-state index is 11.9. The van der Waals surface area contributed by atoms with Gasteiger partial charge >= 0.3 is 5.97 Å². The number of carboxylic acid groups (broad SMARTS) is 1. The van der Waals surface area contributed by atoms with Gasteiger partial charge in [0.25, 0.3) is 0 Å². The van der Waals surface area contributed by atoms with Crippen molar-refractivity contribution >= 4 is 11.9 Å². The molecule has 1 amide bonds. The van der Waals surface area contributed by atoms with Crippen LogP contribution in [0.4, 0.5) is 0 Å². The number of hydrogen-bond acceptors (Lipinski definition) is 3. The average Bonchev–Trinajstić information content (AvgIpc) is 2.48. The van der Waals surface area contributed by atoms with Crippen LogP contribution in [0.25, 0.3) is 0 Å². The molecule has 1 atom stereocenters. The molecule has 1 aliphatic heterocycles. The third-order valence-corrected chi connectivity index (χ3v) is 3.55. The normalized spacial score (nSPS) is 18.5. The largest absolute Gasteiger partial charge is 0.478 e. The molecule has 1 aromatic carbocycles. The Hall–Kier alpha value is -1.88. The minimum atomic E-state index is -0.927. The van der Waals surface area contributed by atoms with Gasteiger partial charge in [0.15, 0.2) is 0 Å². The molecule has 0 aliphatic carbocycles. The molecule has 1 fully saturated rings. The molecule has 108 valence electrons. The van der Waals surface area contributed by atoms with Crippen LogP contribution >= 0.6 is 0 Å². The lowest BCUT2D eigenvalue weighted by Gasteiger charge is -2.21. The van der Waals surface area contributed by atoms with E-state index in [2.05, 4.69) is 10.6 Å². The zero-order valence-corrected chi connectivity index (χ0v) is 11.4. The van der Waals surface area contributed by atoms with Crippen LogP contribution in [0.3, 0.4) is 0 Å². The molecule has 3 N–H and O–H groups in total. The molecule has 20 heavy (non-hydrogen) atoms. The number of aromatic carboxylic acids is 1. The van der Waals surface area contributed by atoms with Crippen LogP contribution in [0, 0.1) is 5.92 Å². The Morgan fingerprint density at radius 2 is 2.25 bits per heavy atom. The summed E-state index contributed by atoms with van der Waals surface area (Å²) in [6.07, 6.45) is 2.62. The molecule has 1 saturated heterocycles. The van der Waals surface area contributed by atoms with E-state index < -0.39 is 5.97 Å². The molecular formula is C15H20N2O3. The Kier molecular flexibility index (Phi) is 5.12. The van der Waals surface area contributed by atoms with E-state index in [1.165, 1.54) is 0 Å². The van der Waals surface area contributed by atoms with Crippen LogP contribution in [0.1, 0.15) is 28.8 Å². The van der Waals surface area contributed by atoms with E-state index in [1.54, 1.807) is 18.2 Å². The van der Waals surface area contributed by atoms with Gasteiger partial charge in [0, 0.05) is 13.1 Å². The van der Waals surface area contributed by atoms with Crippen LogP contribution in [-0.2, 0) is 11.2 Å². The smallest absolute Gasteiger partial charge is 0.335 e. The zero-order valence-electron chi connectivity index (χ0n) is 11.4. The van der Waals surface area contributed by atoms with Crippen molar-refractivity contribution in [2.45, 2.75) is 19.3 Å². The van der Waals surface area contributed by atoms with Gasteiger partial charge in [0.1, 0.15) is 0 Å². The molecular weight excluding hydrogens is 256 g/mol. The lowest BCUT2D eigenvalue weighted by molar-refractivity contribution is -0.125. The van der Waals surface area contributed by atoms with Crippen LogP contribution in [-0.4, -0.2) is 36.6 Å². The number of carbonyl (C=O) groups excluding carboxylic acids is 1. The van der Waals surface area contributed by atoms with Crippen LogP contribution < -0.4 is 10.6 Å². The standard InChI is InChI=1S/C15H20N2O3/c18-14(13-5-2-7-16-10-13)17-8-6-11-3-1-4-12(9-11)15(19)20/h1,3-4,9,13,16H,2,5-8,10H2,(H,17,18)(H,19,20). The maximum Gasteiger partial charge on any atom is 0.335 e. The van der Waals surface area contributed by atoms with E-state index in [4.69, 9.17) is 5.11 Å². The first-order chi connectivity index (χ1) is 9.66. The Labute approximate surface area is 118 Å². The Balaban J connectivity index is 1.79. The molecule has 0 bridgehead atoms. The number of benzene rings is 1. The fourth-order valence-electron chi connectivity index (χ4n) is 2.41. The summed E-state index contributed by atoms with van der Waals surface area (Å²) in [5.74, 6) is -0.773. The Bertz CT molecular complexity index is 482. The molecule has 0 spiro atoms. The first-order valence-corrected chi connectivity index (χ1v) is 6.97. The number of piperidine rings is 1. The molecule has 1 aromatic rings. The lowest BCUT2D eigenvalue weighted by atomic mass is 9.99. The molecule has 2 rings (SSSR count). The van der Waals surface area contributed by atoms with E-state index in [0.29, 0.717) is 13.0 Å². The monoisotopic (exact) mass is 276 g/mol. The highest BCUT2D eigenvalue weighted by Crippen LogP contribution is 2.10. The van der Waals surface area contributed by atoms with Gasteiger partial charge in [0.05, 0.1) is 11.5 Å². The second-order valence-electron chi connectivity index (χ2n) is 5.09. The topological polar surface area (TPSA) is 78.4 Å². The number of rotatable bonds is 5. The van der Waals surface area contributed by atoms with Crippen LogP contribution in [0.15, 0.2) is 24.3 Å². The average molecular weight is 276 g/mol. The molecule has 5 nitrogen and oxygen atoms in total. The first-order valence-electron chi connectivity index (χ1n) is 6.97. The summed E-state index contributed by atoms with van der Waals surface area (Å²) in [5.41, 5.74) is 1.21. The van der Waals surface area contributed by atoms with Crippen molar-refractivity contribution in [3.8, 4) is 0 Å². The number of hydrogen-bond donors (Lipinski definition) is 3. The lowest BCUT2D eigenvalue weighted by Crippen LogP contribution is -2.41. The van der Waals surface area contributed by atoms with Gasteiger partial charge in [-0.15, -0.1) is 0 Å². The highest BCUT2D eigenvalue weighted by molar-refractivity contribution is 5.87. The van der Waals surface area contributed by atoms with Crippen molar-refractivity contribution < 1.29 is 14.7 Å². The zero-order chi connectivity index (χ0) is 14.4.